The molecule has 5 aliphatic rings. The molecule has 0 amide bonds. The van der Waals surface area contributed by atoms with Crippen molar-refractivity contribution in [3.63, 3.8) is 0 Å². The van der Waals surface area contributed by atoms with Crippen molar-refractivity contribution in [1.29, 1.82) is 0 Å². The van der Waals surface area contributed by atoms with E-state index in [2.05, 4.69) is 29.9 Å². The Morgan fingerprint density at radius 2 is 1.86 bits per heavy atom. The predicted molar refractivity (Wildman–Crippen MR) is 81.3 cm³/mol. The smallest absolute Gasteiger partial charge is 0.334 e. The fourth-order valence-corrected chi connectivity index (χ4v) is 5.96. The summed E-state index contributed by atoms with van der Waals surface area (Å²) in [5.74, 6) is 2.05. The molecule has 4 nitrogen and oxygen atoms in total. The van der Waals surface area contributed by atoms with Crippen molar-refractivity contribution in [3.05, 3.63) is 35.9 Å². The van der Waals surface area contributed by atoms with Crippen LogP contribution in [0.3, 0.4) is 0 Å². The standard InChI is InChI=1S/C18H22N2O2/c1-2-17-14-11-8-9-12(10-11)15(14)18(20-19-17,16(21)22-17)13-6-4-3-5-7-13/h3-7,11-12,14-15,19-20H,2,8-10H2,1H3/t11-,12-,14-,15-,17+,18+/m0/s1. The van der Waals surface area contributed by atoms with Crippen LogP contribution in [0.25, 0.3) is 0 Å². The second kappa shape index (κ2) is 4.12. The summed E-state index contributed by atoms with van der Waals surface area (Å²) in [6.07, 6.45) is 4.62. The highest BCUT2D eigenvalue weighted by Crippen LogP contribution is 2.65. The topological polar surface area (TPSA) is 50.4 Å². The molecule has 6 atom stereocenters. The second-order valence-electron chi connectivity index (χ2n) is 7.44. The van der Waals surface area contributed by atoms with Gasteiger partial charge in [0.05, 0.1) is 0 Å². The highest BCUT2D eigenvalue weighted by molar-refractivity contribution is 5.85. The van der Waals surface area contributed by atoms with Crippen LogP contribution in [0, 0.1) is 23.7 Å². The van der Waals surface area contributed by atoms with Crippen LogP contribution in [0.5, 0.6) is 0 Å². The van der Waals surface area contributed by atoms with Gasteiger partial charge < -0.3 is 4.74 Å². The summed E-state index contributed by atoms with van der Waals surface area (Å²) in [6.45, 7) is 2.12. The Labute approximate surface area is 130 Å². The molecule has 6 rings (SSSR count). The lowest BCUT2D eigenvalue weighted by atomic mass is 9.59. The third-order valence-corrected chi connectivity index (χ3v) is 6.78. The van der Waals surface area contributed by atoms with Gasteiger partial charge in [0, 0.05) is 11.8 Å². The molecule has 0 spiro atoms. The largest absolute Gasteiger partial charge is 0.441 e. The Morgan fingerprint density at radius 1 is 1.14 bits per heavy atom. The first-order chi connectivity index (χ1) is 10.7. The lowest BCUT2D eigenvalue weighted by Gasteiger charge is -2.62. The number of nitrogens with one attached hydrogen (secondary N) is 2. The molecule has 0 radical (unpaired) electrons. The van der Waals surface area contributed by atoms with Gasteiger partial charge in [-0.15, -0.1) is 0 Å². The molecular formula is C18H22N2O2. The molecule has 116 valence electrons. The maximum atomic E-state index is 13.0. The van der Waals surface area contributed by atoms with Gasteiger partial charge in [0.1, 0.15) is 0 Å². The number of ether oxygens (including phenoxy) is 1. The Morgan fingerprint density at radius 3 is 2.55 bits per heavy atom. The molecule has 2 aliphatic carbocycles. The van der Waals surface area contributed by atoms with Crippen molar-refractivity contribution in [1.82, 2.24) is 10.9 Å². The van der Waals surface area contributed by atoms with Crippen LogP contribution in [-0.2, 0) is 15.1 Å². The van der Waals surface area contributed by atoms with Crippen molar-refractivity contribution in [3.8, 4) is 0 Å². The first kappa shape index (κ1) is 13.1. The highest BCUT2D eigenvalue weighted by Gasteiger charge is 2.73. The zero-order chi connectivity index (χ0) is 14.9. The number of hydrogen-bond donors (Lipinski definition) is 2. The van der Waals surface area contributed by atoms with Crippen LogP contribution in [0.1, 0.15) is 38.2 Å². The van der Waals surface area contributed by atoms with Gasteiger partial charge in [-0.25, -0.2) is 15.6 Å². The van der Waals surface area contributed by atoms with Crippen molar-refractivity contribution < 1.29 is 9.53 Å². The Balaban J connectivity index is 1.71. The van der Waals surface area contributed by atoms with E-state index in [1.807, 2.05) is 18.2 Å². The fraction of sp³-hybridized carbons (Fsp3) is 0.611. The molecule has 1 aromatic rings. The number of benzene rings is 1. The van der Waals surface area contributed by atoms with Crippen LogP contribution in [0.2, 0.25) is 0 Å². The maximum absolute atomic E-state index is 13.0. The lowest BCUT2D eigenvalue weighted by Crippen LogP contribution is -2.82. The normalized spacial score (nSPS) is 48.3. The number of hydrazine groups is 1. The van der Waals surface area contributed by atoms with Crippen LogP contribution < -0.4 is 10.9 Å². The minimum absolute atomic E-state index is 0.0897. The SMILES string of the molecule is CC[C@@]12NN[C@@](c3ccccc3)(C(=O)O1)[C@H]1[C@H]3CC[C@@H](C3)[C@@H]12. The molecular weight excluding hydrogens is 276 g/mol. The fourth-order valence-electron chi connectivity index (χ4n) is 5.96. The Kier molecular flexibility index (Phi) is 2.45. The zero-order valence-electron chi connectivity index (χ0n) is 12.8. The number of fused-ring (bicyclic) bond motifs is 4. The molecule has 3 heterocycles. The number of rotatable bonds is 2. The minimum Gasteiger partial charge on any atom is -0.441 e. The molecule has 1 aromatic carbocycles. The van der Waals surface area contributed by atoms with Gasteiger partial charge in [0.2, 0.25) is 0 Å². The van der Waals surface area contributed by atoms with Gasteiger partial charge in [-0.3, -0.25) is 0 Å². The molecule has 5 fully saturated rings. The highest BCUT2D eigenvalue weighted by atomic mass is 16.6. The van der Waals surface area contributed by atoms with E-state index in [9.17, 15) is 4.79 Å². The Bertz CT molecular complexity index is 633. The summed E-state index contributed by atoms with van der Waals surface area (Å²) < 4.78 is 6.03. The summed E-state index contributed by atoms with van der Waals surface area (Å²) >= 11 is 0. The molecule has 3 saturated heterocycles. The van der Waals surface area contributed by atoms with Crippen molar-refractivity contribution in [2.45, 2.75) is 43.9 Å². The summed E-state index contributed by atoms with van der Waals surface area (Å²) in [6, 6.07) is 10.1. The van der Waals surface area contributed by atoms with Gasteiger partial charge in [-0.05, 0) is 43.1 Å². The van der Waals surface area contributed by atoms with Gasteiger partial charge in [0.25, 0.3) is 0 Å². The Hall–Kier alpha value is -1.39. The number of carbonyl (C=O) groups is 1. The van der Waals surface area contributed by atoms with E-state index < -0.39 is 11.3 Å². The van der Waals surface area contributed by atoms with Crippen molar-refractivity contribution in [2.75, 3.05) is 0 Å². The first-order valence-electron chi connectivity index (χ1n) is 8.54. The summed E-state index contributed by atoms with van der Waals surface area (Å²) in [5, 5.41) is 0. The third kappa shape index (κ3) is 1.30. The molecule has 3 aliphatic heterocycles. The molecule has 2 N–H and O–H groups in total. The van der Waals surface area contributed by atoms with Crippen LogP contribution in [0.15, 0.2) is 30.3 Å². The first-order valence-corrected chi connectivity index (χ1v) is 8.54. The third-order valence-electron chi connectivity index (χ3n) is 6.78. The van der Waals surface area contributed by atoms with E-state index in [-0.39, 0.29) is 5.97 Å². The molecule has 0 aromatic heterocycles. The molecule has 4 bridgehead atoms. The number of hydrogen-bond acceptors (Lipinski definition) is 4. The van der Waals surface area contributed by atoms with E-state index in [1.165, 1.54) is 19.3 Å². The average molecular weight is 298 g/mol. The number of esters is 1. The summed E-state index contributed by atoms with van der Waals surface area (Å²) in [7, 11) is 0. The van der Waals surface area contributed by atoms with Crippen LogP contribution in [-0.4, -0.2) is 11.7 Å². The monoisotopic (exact) mass is 298 g/mol. The van der Waals surface area contributed by atoms with Crippen molar-refractivity contribution in [2.24, 2.45) is 23.7 Å². The van der Waals surface area contributed by atoms with Crippen LogP contribution in [0.4, 0.5) is 0 Å². The summed E-state index contributed by atoms with van der Waals surface area (Å²) in [5.41, 5.74) is 6.67. The van der Waals surface area contributed by atoms with Gasteiger partial charge in [-0.1, -0.05) is 37.3 Å². The molecule has 22 heavy (non-hydrogen) atoms. The van der Waals surface area contributed by atoms with E-state index in [0.29, 0.717) is 23.7 Å². The van der Waals surface area contributed by atoms with Crippen LogP contribution >= 0.6 is 0 Å². The van der Waals surface area contributed by atoms with E-state index in [0.717, 1.165) is 12.0 Å². The predicted octanol–water partition coefficient (Wildman–Crippen LogP) is 2.32. The van der Waals surface area contributed by atoms with Gasteiger partial charge in [0.15, 0.2) is 11.3 Å². The second-order valence-corrected chi connectivity index (χ2v) is 7.44. The van der Waals surface area contributed by atoms with Gasteiger partial charge in [-0.2, -0.15) is 0 Å². The van der Waals surface area contributed by atoms with Gasteiger partial charge >= 0.3 is 5.97 Å². The van der Waals surface area contributed by atoms with E-state index in [1.54, 1.807) is 0 Å². The lowest BCUT2D eigenvalue weighted by molar-refractivity contribution is -0.251. The summed E-state index contributed by atoms with van der Waals surface area (Å²) in [4.78, 5) is 13.0. The number of carbonyl (C=O) groups excluding carboxylic acids is 1. The average Bonchev–Trinajstić information content (AvgIpc) is 3.19. The molecule has 0 unspecified atom stereocenters. The molecule has 4 heteroatoms. The maximum Gasteiger partial charge on any atom is 0.334 e. The van der Waals surface area contributed by atoms with E-state index in [4.69, 9.17) is 4.74 Å². The minimum atomic E-state index is -0.706. The zero-order valence-corrected chi connectivity index (χ0v) is 12.8. The van der Waals surface area contributed by atoms with E-state index >= 15 is 0 Å². The van der Waals surface area contributed by atoms with Crippen molar-refractivity contribution >= 4 is 5.97 Å². The quantitative estimate of drug-likeness (QED) is 0.823. The molecule has 2 saturated carbocycles.